The topological polar surface area (TPSA) is 64.3 Å². The molecule has 0 spiro atoms. The van der Waals surface area contributed by atoms with Crippen molar-refractivity contribution in [1.29, 1.82) is 0 Å². The van der Waals surface area contributed by atoms with Crippen molar-refractivity contribution in [1.82, 2.24) is 0 Å². The summed E-state index contributed by atoms with van der Waals surface area (Å²) in [5, 5.41) is 2.95. The molecular formula is C14H20N2O2. The van der Waals surface area contributed by atoms with Crippen LogP contribution in [-0.2, 0) is 16.0 Å². The lowest BCUT2D eigenvalue weighted by Gasteiger charge is -2.10. The summed E-state index contributed by atoms with van der Waals surface area (Å²) in [5.41, 5.74) is 7.57. The number of carbonyl (C=O) groups is 1. The van der Waals surface area contributed by atoms with Crippen LogP contribution in [0.2, 0.25) is 0 Å². The minimum Gasteiger partial charge on any atom is -0.381 e. The Hall–Kier alpha value is -1.39. The Bertz CT molecular complexity index is 401. The van der Waals surface area contributed by atoms with Gasteiger partial charge in [-0.15, -0.1) is 0 Å². The van der Waals surface area contributed by atoms with Crippen LogP contribution < -0.4 is 11.1 Å². The molecule has 0 radical (unpaired) electrons. The van der Waals surface area contributed by atoms with Crippen LogP contribution in [0.5, 0.6) is 0 Å². The Morgan fingerprint density at radius 3 is 3.11 bits per heavy atom. The van der Waals surface area contributed by atoms with Gasteiger partial charge in [-0.25, -0.2) is 0 Å². The smallest absolute Gasteiger partial charge is 0.229 e. The second-order valence-corrected chi connectivity index (χ2v) is 4.64. The quantitative estimate of drug-likeness (QED) is 0.831. The van der Waals surface area contributed by atoms with E-state index in [4.69, 9.17) is 10.5 Å². The van der Waals surface area contributed by atoms with Crippen molar-refractivity contribution in [3.8, 4) is 0 Å². The molecule has 0 saturated carbocycles. The van der Waals surface area contributed by atoms with E-state index < -0.39 is 0 Å². The molecule has 2 rings (SSSR count). The Balaban J connectivity index is 1.93. The van der Waals surface area contributed by atoms with Gasteiger partial charge in [-0.3, -0.25) is 4.79 Å². The Kier molecular flexibility index (Phi) is 4.73. The number of nitrogens with one attached hydrogen (secondary N) is 1. The van der Waals surface area contributed by atoms with Gasteiger partial charge in [0.05, 0.1) is 12.5 Å². The van der Waals surface area contributed by atoms with Gasteiger partial charge < -0.3 is 15.8 Å². The van der Waals surface area contributed by atoms with Gasteiger partial charge in [-0.1, -0.05) is 12.1 Å². The third-order valence-corrected chi connectivity index (χ3v) is 3.16. The summed E-state index contributed by atoms with van der Waals surface area (Å²) < 4.78 is 5.22. The molecule has 1 amide bonds. The van der Waals surface area contributed by atoms with Crippen molar-refractivity contribution in [3.05, 3.63) is 29.8 Å². The third kappa shape index (κ3) is 3.55. The number of aryl methyl sites for hydroxylation is 1. The number of nitrogens with two attached hydrogens (primary N) is 1. The number of carbonyl (C=O) groups excluding carboxylic acids is 1. The van der Waals surface area contributed by atoms with Crippen LogP contribution in [0.15, 0.2) is 24.3 Å². The SMILES string of the molecule is NCCCc1cccc(NC(=O)C2CCOC2)c1. The van der Waals surface area contributed by atoms with Crippen LogP contribution in [0.1, 0.15) is 18.4 Å². The van der Waals surface area contributed by atoms with E-state index in [-0.39, 0.29) is 11.8 Å². The zero-order valence-corrected chi connectivity index (χ0v) is 10.5. The largest absolute Gasteiger partial charge is 0.381 e. The zero-order valence-electron chi connectivity index (χ0n) is 10.5. The van der Waals surface area contributed by atoms with Crippen molar-refractivity contribution in [2.24, 2.45) is 11.7 Å². The summed E-state index contributed by atoms with van der Waals surface area (Å²) in [4.78, 5) is 11.9. The van der Waals surface area contributed by atoms with Crippen LogP contribution in [0.3, 0.4) is 0 Å². The van der Waals surface area contributed by atoms with Gasteiger partial charge in [-0.2, -0.15) is 0 Å². The standard InChI is InChI=1S/C14H20N2O2/c15-7-2-4-11-3-1-5-13(9-11)16-14(17)12-6-8-18-10-12/h1,3,5,9,12H,2,4,6-8,10,15H2,(H,16,17). The summed E-state index contributed by atoms with van der Waals surface area (Å²) in [6.07, 6.45) is 2.74. The Labute approximate surface area is 108 Å². The lowest BCUT2D eigenvalue weighted by molar-refractivity contribution is -0.119. The first kappa shape index (κ1) is 13.1. The molecule has 4 nitrogen and oxygen atoms in total. The van der Waals surface area contributed by atoms with E-state index >= 15 is 0 Å². The fourth-order valence-electron chi connectivity index (χ4n) is 2.10. The van der Waals surface area contributed by atoms with E-state index in [0.717, 1.165) is 24.9 Å². The molecule has 98 valence electrons. The minimum atomic E-state index is -0.00213. The first-order chi connectivity index (χ1) is 8.79. The highest BCUT2D eigenvalue weighted by atomic mass is 16.5. The number of ether oxygens (including phenoxy) is 1. The summed E-state index contributed by atoms with van der Waals surface area (Å²) >= 11 is 0. The molecule has 3 N–H and O–H groups in total. The van der Waals surface area contributed by atoms with Crippen LogP contribution in [-0.4, -0.2) is 25.7 Å². The number of anilines is 1. The van der Waals surface area contributed by atoms with Crippen molar-refractivity contribution < 1.29 is 9.53 Å². The molecular weight excluding hydrogens is 228 g/mol. The molecule has 4 heteroatoms. The monoisotopic (exact) mass is 248 g/mol. The number of benzene rings is 1. The van der Waals surface area contributed by atoms with E-state index in [0.29, 0.717) is 19.8 Å². The van der Waals surface area contributed by atoms with Gasteiger partial charge in [0, 0.05) is 12.3 Å². The first-order valence-electron chi connectivity index (χ1n) is 6.47. The Morgan fingerprint density at radius 2 is 2.39 bits per heavy atom. The number of amides is 1. The summed E-state index contributed by atoms with van der Waals surface area (Å²) in [6.45, 7) is 1.92. The highest BCUT2D eigenvalue weighted by Gasteiger charge is 2.23. The lowest BCUT2D eigenvalue weighted by Crippen LogP contribution is -2.22. The lowest BCUT2D eigenvalue weighted by atomic mass is 10.1. The molecule has 0 bridgehead atoms. The molecule has 1 aliphatic heterocycles. The van der Waals surface area contributed by atoms with E-state index in [1.165, 1.54) is 5.56 Å². The second-order valence-electron chi connectivity index (χ2n) is 4.64. The molecule has 18 heavy (non-hydrogen) atoms. The predicted octanol–water partition coefficient (Wildman–Crippen LogP) is 1.55. The zero-order chi connectivity index (χ0) is 12.8. The predicted molar refractivity (Wildman–Crippen MR) is 71.4 cm³/mol. The maximum atomic E-state index is 11.9. The van der Waals surface area contributed by atoms with Gasteiger partial charge in [0.25, 0.3) is 0 Å². The fourth-order valence-corrected chi connectivity index (χ4v) is 2.10. The van der Waals surface area contributed by atoms with E-state index in [1.807, 2.05) is 18.2 Å². The van der Waals surface area contributed by atoms with Crippen molar-refractivity contribution in [3.63, 3.8) is 0 Å². The second kappa shape index (κ2) is 6.52. The van der Waals surface area contributed by atoms with E-state index in [1.54, 1.807) is 0 Å². The molecule has 1 saturated heterocycles. The maximum Gasteiger partial charge on any atom is 0.229 e. The summed E-state index contributed by atoms with van der Waals surface area (Å²) in [6, 6.07) is 7.96. The fraction of sp³-hybridized carbons (Fsp3) is 0.500. The van der Waals surface area contributed by atoms with Gasteiger partial charge in [0.1, 0.15) is 0 Å². The van der Waals surface area contributed by atoms with Gasteiger partial charge in [0.2, 0.25) is 5.91 Å². The molecule has 0 aliphatic carbocycles. The van der Waals surface area contributed by atoms with Gasteiger partial charge in [0.15, 0.2) is 0 Å². The Morgan fingerprint density at radius 1 is 1.50 bits per heavy atom. The normalized spacial score (nSPS) is 18.8. The minimum absolute atomic E-state index is 0.00213. The third-order valence-electron chi connectivity index (χ3n) is 3.16. The van der Waals surface area contributed by atoms with Crippen LogP contribution in [0.25, 0.3) is 0 Å². The van der Waals surface area contributed by atoms with Crippen molar-refractivity contribution in [2.75, 3.05) is 25.1 Å². The average molecular weight is 248 g/mol. The molecule has 1 aromatic carbocycles. The average Bonchev–Trinajstić information content (AvgIpc) is 2.91. The number of hydrogen-bond donors (Lipinski definition) is 2. The van der Waals surface area contributed by atoms with E-state index in [9.17, 15) is 4.79 Å². The molecule has 1 atom stereocenters. The number of rotatable bonds is 5. The molecule has 1 heterocycles. The molecule has 1 aromatic rings. The van der Waals surface area contributed by atoms with Crippen molar-refractivity contribution in [2.45, 2.75) is 19.3 Å². The maximum absolute atomic E-state index is 11.9. The van der Waals surface area contributed by atoms with Crippen LogP contribution in [0, 0.1) is 5.92 Å². The molecule has 1 aliphatic rings. The van der Waals surface area contributed by atoms with E-state index in [2.05, 4.69) is 11.4 Å². The van der Waals surface area contributed by atoms with Crippen molar-refractivity contribution >= 4 is 11.6 Å². The number of hydrogen-bond acceptors (Lipinski definition) is 3. The first-order valence-corrected chi connectivity index (χ1v) is 6.47. The van der Waals surface area contributed by atoms with Crippen LogP contribution >= 0.6 is 0 Å². The van der Waals surface area contributed by atoms with Gasteiger partial charge in [-0.05, 0) is 43.5 Å². The molecule has 0 aromatic heterocycles. The summed E-state index contributed by atoms with van der Waals surface area (Å²) in [5.74, 6) is 0.0566. The van der Waals surface area contributed by atoms with Crippen LogP contribution in [0.4, 0.5) is 5.69 Å². The highest BCUT2D eigenvalue weighted by Crippen LogP contribution is 2.17. The summed E-state index contributed by atoms with van der Waals surface area (Å²) in [7, 11) is 0. The molecule has 1 unspecified atom stereocenters. The highest BCUT2D eigenvalue weighted by molar-refractivity contribution is 5.92. The van der Waals surface area contributed by atoms with Gasteiger partial charge >= 0.3 is 0 Å². The molecule has 1 fully saturated rings.